The molecular weight excluding hydrogens is 214 g/mol. The first-order chi connectivity index (χ1) is 8.38. The van der Waals surface area contributed by atoms with Crippen molar-refractivity contribution in [2.45, 2.75) is 31.9 Å². The molecule has 0 aliphatic heterocycles. The Balaban J connectivity index is 1.68. The number of rotatable bonds is 5. The van der Waals surface area contributed by atoms with Crippen LogP contribution in [0, 0.1) is 5.92 Å². The molecule has 0 spiro atoms. The number of aliphatic imine (C=N–C) groups is 1. The maximum atomic E-state index is 10.1. The number of isocyanates is 1. The van der Waals surface area contributed by atoms with Crippen molar-refractivity contribution < 1.29 is 9.53 Å². The first kappa shape index (κ1) is 12.0. The Morgan fingerprint density at radius 3 is 2.88 bits per heavy atom. The second kappa shape index (κ2) is 6.33. The van der Waals surface area contributed by atoms with Crippen molar-refractivity contribution >= 4 is 6.08 Å². The third-order valence-electron chi connectivity index (χ3n) is 3.21. The summed E-state index contributed by atoms with van der Waals surface area (Å²) in [5.74, 6) is 0.542. The van der Waals surface area contributed by atoms with E-state index < -0.39 is 0 Å². The smallest absolute Gasteiger partial charge is 0.235 e. The van der Waals surface area contributed by atoms with Gasteiger partial charge in [-0.15, -0.1) is 0 Å². The van der Waals surface area contributed by atoms with Crippen LogP contribution in [0.2, 0.25) is 0 Å². The molecule has 1 saturated carbocycles. The highest BCUT2D eigenvalue weighted by atomic mass is 16.5. The monoisotopic (exact) mass is 231 g/mol. The van der Waals surface area contributed by atoms with Crippen molar-refractivity contribution in [3.05, 3.63) is 35.9 Å². The molecule has 17 heavy (non-hydrogen) atoms. The van der Waals surface area contributed by atoms with E-state index in [1.165, 1.54) is 5.56 Å². The van der Waals surface area contributed by atoms with E-state index in [4.69, 9.17) is 4.74 Å². The Bertz CT molecular complexity index is 384. The molecule has 2 atom stereocenters. The van der Waals surface area contributed by atoms with Gasteiger partial charge in [0.2, 0.25) is 6.08 Å². The lowest BCUT2D eigenvalue weighted by Crippen LogP contribution is -2.07. The summed E-state index contributed by atoms with van der Waals surface area (Å²) in [7, 11) is 0. The zero-order valence-corrected chi connectivity index (χ0v) is 9.84. The number of hydrogen-bond donors (Lipinski definition) is 0. The largest absolute Gasteiger partial charge is 0.376 e. The highest BCUT2D eigenvalue weighted by Crippen LogP contribution is 2.27. The molecule has 0 bridgehead atoms. The summed E-state index contributed by atoms with van der Waals surface area (Å²) in [6.45, 7) is 1.43. The summed E-state index contributed by atoms with van der Waals surface area (Å²) in [5, 5.41) is 0. The van der Waals surface area contributed by atoms with Crippen LogP contribution in [0.5, 0.6) is 0 Å². The van der Waals surface area contributed by atoms with Crippen LogP contribution in [0.3, 0.4) is 0 Å². The summed E-state index contributed by atoms with van der Waals surface area (Å²) in [6, 6.07) is 10.3. The molecule has 1 aliphatic rings. The van der Waals surface area contributed by atoms with Gasteiger partial charge in [-0.2, -0.15) is 0 Å². The van der Waals surface area contributed by atoms with E-state index in [0.717, 1.165) is 25.9 Å². The van der Waals surface area contributed by atoms with Crippen LogP contribution >= 0.6 is 0 Å². The lowest BCUT2D eigenvalue weighted by atomic mass is 10.1. The average molecular weight is 231 g/mol. The van der Waals surface area contributed by atoms with Crippen molar-refractivity contribution in [1.29, 1.82) is 0 Å². The van der Waals surface area contributed by atoms with E-state index in [1.807, 2.05) is 18.2 Å². The molecule has 0 heterocycles. The van der Waals surface area contributed by atoms with E-state index in [2.05, 4.69) is 17.1 Å². The fraction of sp³-hybridized carbons (Fsp3) is 0.500. The molecule has 1 aromatic rings. The highest BCUT2D eigenvalue weighted by Gasteiger charge is 2.24. The second-order valence-electron chi connectivity index (χ2n) is 4.55. The molecular formula is C14H17NO2. The van der Waals surface area contributed by atoms with Crippen molar-refractivity contribution in [2.24, 2.45) is 10.9 Å². The van der Waals surface area contributed by atoms with Crippen LogP contribution in [0.4, 0.5) is 0 Å². The van der Waals surface area contributed by atoms with Gasteiger partial charge in [0.1, 0.15) is 0 Å². The molecule has 0 N–H and O–H groups in total. The van der Waals surface area contributed by atoms with E-state index in [9.17, 15) is 4.79 Å². The van der Waals surface area contributed by atoms with Gasteiger partial charge in [-0.25, -0.2) is 9.79 Å². The minimum atomic E-state index is 0.179. The van der Waals surface area contributed by atoms with Gasteiger partial charge >= 0.3 is 0 Å². The second-order valence-corrected chi connectivity index (χ2v) is 4.55. The van der Waals surface area contributed by atoms with Gasteiger partial charge in [-0.05, 0) is 30.7 Å². The molecule has 1 aliphatic carbocycles. The predicted molar refractivity (Wildman–Crippen MR) is 65.3 cm³/mol. The molecule has 1 fully saturated rings. The molecule has 0 saturated heterocycles. The maximum Gasteiger partial charge on any atom is 0.235 e. The Labute approximate surface area is 102 Å². The number of nitrogens with zero attached hydrogens (tertiary/aromatic N) is 1. The van der Waals surface area contributed by atoms with Crippen molar-refractivity contribution in [2.75, 3.05) is 6.61 Å². The van der Waals surface area contributed by atoms with Gasteiger partial charge in [0, 0.05) is 6.61 Å². The first-order valence-electron chi connectivity index (χ1n) is 6.07. The van der Waals surface area contributed by atoms with Crippen LogP contribution in [0.25, 0.3) is 0 Å². The molecule has 0 aromatic heterocycles. The molecule has 3 heteroatoms. The van der Waals surface area contributed by atoms with Crippen LogP contribution in [-0.2, 0) is 16.1 Å². The molecule has 2 rings (SSSR count). The molecule has 1 aromatic carbocycles. The number of ether oxygens (including phenoxy) is 1. The number of hydrogen-bond acceptors (Lipinski definition) is 3. The summed E-state index contributed by atoms with van der Waals surface area (Å²) < 4.78 is 5.69. The van der Waals surface area contributed by atoms with Crippen LogP contribution in [0.15, 0.2) is 35.3 Å². The number of benzene rings is 1. The maximum absolute atomic E-state index is 10.1. The SMILES string of the molecule is O=C=NC1CCC(COCc2ccccc2)C1. The highest BCUT2D eigenvalue weighted by molar-refractivity contribution is 5.33. The van der Waals surface area contributed by atoms with Gasteiger partial charge in [-0.3, -0.25) is 0 Å². The molecule has 90 valence electrons. The van der Waals surface area contributed by atoms with Gasteiger partial charge in [0.25, 0.3) is 0 Å². The van der Waals surface area contributed by atoms with Crippen LogP contribution in [-0.4, -0.2) is 18.7 Å². The number of carbonyl (C=O) groups excluding carboxylic acids is 1. The summed E-state index contributed by atoms with van der Waals surface area (Å²) in [5.41, 5.74) is 1.20. The van der Waals surface area contributed by atoms with E-state index >= 15 is 0 Å². The topological polar surface area (TPSA) is 38.7 Å². The van der Waals surface area contributed by atoms with Gasteiger partial charge in [0.05, 0.1) is 12.6 Å². The minimum Gasteiger partial charge on any atom is -0.376 e. The Morgan fingerprint density at radius 2 is 2.12 bits per heavy atom. The molecule has 0 radical (unpaired) electrons. The van der Waals surface area contributed by atoms with Gasteiger partial charge in [0.15, 0.2) is 0 Å². The van der Waals surface area contributed by atoms with Crippen LogP contribution < -0.4 is 0 Å². The zero-order valence-electron chi connectivity index (χ0n) is 9.84. The summed E-state index contributed by atoms with van der Waals surface area (Å²) >= 11 is 0. The molecule has 3 nitrogen and oxygen atoms in total. The zero-order chi connectivity index (χ0) is 11.9. The predicted octanol–water partition coefficient (Wildman–Crippen LogP) is 2.71. The summed E-state index contributed by atoms with van der Waals surface area (Å²) in [4.78, 5) is 13.9. The van der Waals surface area contributed by atoms with Gasteiger partial charge < -0.3 is 4.74 Å². The Morgan fingerprint density at radius 1 is 1.29 bits per heavy atom. The van der Waals surface area contributed by atoms with Crippen molar-refractivity contribution in [3.63, 3.8) is 0 Å². The fourth-order valence-corrected chi connectivity index (χ4v) is 2.31. The average Bonchev–Trinajstić information content (AvgIpc) is 2.79. The lowest BCUT2D eigenvalue weighted by Gasteiger charge is -2.10. The van der Waals surface area contributed by atoms with E-state index in [0.29, 0.717) is 12.5 Å². The molecule has 2 unspecified atom stereocenters. The fourth-order valence-electron chi connectivity index (χ4n) is 2.31. The summed E-state index contributed by atoms with van der Waals surface area (Å²) in [6.07, 6.45) is 4.71. The Hall–Kier alpha value is -1.44. The first-order valence-corrected chi connectivity index (χ1v) is 6.07. The lowest BCUT2D eigenvalue weighted by molar-refractivity contribution is 0.0885. The quantitative estimate of drug-likeness (QED) is 0.577. The van der Waals surface area contributed by atoms with E-state index in [1.54, 1.807) is 6.08 Å². The third kappa shape index (κ3) is 3.81. The standard InChI is InChI=1S/C14H17NO2/c16-11-15-14-7-6-13(8-14)10-17-9-12-4-2-1-3-5-12/h1-5,13-14H,6-10H2. The minimum absolute atomic E-state index is 0.179. The van der Waals surface area contributed by atoms with E-state index in [-0.39, 0.29) is 6.04 Å². The normalized spacial score (nSPS) is 23.3. The van der Waals surface area contributed by atoms with Crippen molar-refractivity contribution in [3.8, 4) is 0 Å². The van der Waals surface area contributed by atoms with Crippen LogP contribution in [0.1, 0.15) is 24.8 Å². The third-order valence-corrected chi connectivity index (χ3v) is 3.21. The Kier molecular flexibility index (Phi) is 4.48. The molecule has 0 amide bonds. The van der Waals surface area contributed by atoms with Gasteiger partial charge in [-0.1, -0.05) is 30.3 Å². The van der Waals surface area contributed by atoms with Crippen molar-refractivity contribution in [1.82, 2.24) is 0 Å².